The van der Waals surface area contributed by atoms with E-state index in [-0.39, 0.29) is 17.6 Å². The molecule has 0 saturated carbocycles. The van der Waals surface area contributed by atoms with E-state index in [0.717, 1.165) is 37.2 Å². The van der Waals surface area contributed by atoms with Crippen molar-refractivity contribution in [2.75, 3.05) is 18.8 Å². The number of nitrogens with one attached hydrogen (secondary N) is 1. The Morgan fingerprint density at radius 2 is 1.81 bits per heavy atom. The molecule has 0 radical (unpaired) electrons. The maximum Gasteiger partial charge on any atom is 0.328 e. The summed E-state index contributed by atoms with van der Waals surface area (Å²) in [5, 5.41) is 29.6. The number of aromatic nitrogens is 2. The van der Waals surface area contributed by atoms with Gasteiger partial charge in [0.1, 0.15) is 18.1 Å². The molecule has 1 saturated heterocycles. The second-order valence-electron chi connectivity index (χ2n) is 8.51. The number of aromatic hydroxyl groups is 1. The lowest BCUT2D eigenvalue weighted by Crippen LogP contribution is -2.29. The molecule has 0 amide bonds. The van der Waals surface area contributed by atoms with Gasteiger partial charge in [-0.25, -0.2) is 19.6 Å². The maximum absolute atomic E-state index is 10.6. The summed E-state index contributed by atoms with van der Waals surface area (Å²) in [5.74, 6) is -1.35. The quantitative estimate of drug-likeness (QED) is 0.299. The smallest absolute Gasteiger partial charge is 0.328 e. The van der Waals surface area contributed by atoms with Crippen LogP contribution in [0.1, 0.15) is 35.6 Å². The van der Waals surface area contributed by atoms with Crippen LogP contribution in [0, 0.1) is 6.92 Å². The molecule has 194 valence electrons. The van der Waals surface area contributed by atoms with Crippen LogP contribution in [-0.2, 0) is 16.2 Å². The Labute approximate surface area is 214 Å². The molecule has 0 spiro atoms. The number of hydrogen-bond donors (Lipinski definition) is 5. The Morgan fingerprint density at radius 1 is 1.11 bits per heavy atom. The number of ether oxygens (including phenoxy) is 1. The molecule has 10 heteroatoms. The average molecular weight is 507 g/mol. The molecule has 0 bridgehead atoms. The van der Waals surface area contributed by atoms with Gasteiger partial charge in [-0.2, -0.15) is 0 Å². The standard InChI is InChI=1S/C23H26N4O2.C4H4O4/c1-15-7-9-16(10-8-15)14-29-21-6-2-5-20(28)22(21)19-12-18(26-23(24)27-19)17-4-3-11-25-13-17;5-3(6)1-2-4(7)8/h2,5-10,12,17,25,28H,3-4,11,13-14H2,1H3,(H2,24,26,27);1-2H,(H,5,6)(H,7,8)/b;2-1+. The molecule has 4 rings (SSSR count). The van der Waals surface area contributed by atoms with Gasteiger partial charge < -0.3 is 31.1 Å². The van der Waals surface area contributed by atoms with Crippen LogP contribution < -0.4 is 15.8 Å². The van der Waals surface area contributed by atoms with Crippen LogP contribution in [0.15, 0.2) is 60.7 Å². The SMILES string of the molecule is Cc1ccc(COc2cccc(O)c2-c2cc(C3CCCNC3)nc(N)n2)cc1.O=C(O)/C=C/C(=O)O. The van der Waals surface area contributed by atoms with Crippen molar-refractivity contribution >= 4 is 17.9 Å². The van der Waals surface area contributed by atoms with Gasteiger partial charge in [-0.05, 0) is 50.1 Å². The number of rotatable bonds is 7. The van der Waals surface area contributed by atoms with E-state index >= 15 is 0 Å². The van der Waals surface area contributed by atoms with Crippen LogP contribution in [-0.4, -0.2) is 50.3 Å². The number of nitrogen functional groups attached to an aromatic ring is 1. The lowest BCUT2D eigenvalue weighted by Gasteiger charge is -2.23. The van der Waals surface area contributed by atoms with E-state index in [2.05, 4.69) is 34.3 Å². The first kappa shape index (κ1) is 27.2. The highest BCUT2D eigenvalue weighted by molar-refractivity contribution is 5.89. The van der Waals surface area contributed by atoms with Gasteiger partial charge in [0, 0.05) is 24.6 Å². The van der Waals surface area contributed by atoms with E-state index in [1.54, 1.807) is 12.1 Å². The van der Waals surface area contributed by atoms with Crippen LogP contribution >= 0.6 is 0 Å². The van der Waals surface area contributed by atoms with Crippen molar-refractivity contribution < 1.29 is 29.6 Å². The molecule has 1 aromatic heterocycles. The predicted molar refractivity (Wildman–Crippen MR) is 138 cm³/mol. The highest BCUT2D eigenvalue weighted by Crippen LogP contribution is 2.38. The monoisotopic (exact) mass is 506 g/mol. The molecule has 0 aliphatic carbocycles. The third-order valence-electron chi connectivity index (χ3n) is 5.62. The van der Waals surface area contributed by atoms with E-state index in [4.69, 9.17) is 20.7 Å². The van der Waals surface area contributed by atoms with E-state index in [1.807, 2.05) is 24.3 Å². The number of aryl methyl sites for hydroxylation is 1. The Balaban J connectivity index is 0.000000414. The predicted octanol–water partition coefficient (Wildman–Crippen LogP) is 3.50. The first-order valence-electron chi connectivity index (χ1n) is 11.7. The zero-order valence-corrected chi connectivity index (χ0v) is 20.4. The largest absolute Gasteiger partial charge is 0.507 e. The van der Waals surface area contributed by atoms with E-state index in [0.29, 0.717) is 35.8 Å². The van der Waals surface area contributed by atoms with Crippen LogP contribution in [0.4, 0.5) is 5.95 Å². The Hall–Kier alpha value is -4.44. The number of anilines is 1. The summed E-state index contributed by atoms with van der Waals surface area (Å²) in [6.45, 7) is 4.35. The molecule has 3 aromatic rings. The van der Waals surface area contributed by atoms with Crippen LogP contribution in [0.5, 0.6) is 11.5 Å². The number of carboxylic acids is 2. The number of nitrogens with zero attached hydrogens (tertiary/aromatic N) is 2. The summed E-state index contributed by atoms with van der Waals surface area (Å²) < 4.78 is 6.05. The minimum Gasteiger partial charge on any atom is -0.507 e. The molecule has 1 atom stereocenters. The van der Waals surface area contributed by atoms with Gasteiger partial charge in [0.2, 0.25) is 5.95 Å². The van der Waals surface area contributed by atoms with Crippen molar-refractivity contribution in [2.24, 2.45) is 0 Å². The zero-order chi connectivity index (χ0) is 26.8. The van der Waals surface area contributed by atoms with Crippen LogP contribution in [0.2, 0.25) is 0 Å². The third-order valence-corrected chi connectivity index (χ3v) is 5.62. The highest BCUT2D eigenvalue weighted by Gasteiger charge is 2.21. The zero-order valence-electron chi connectivity index (χ0n) is 20.4. The average Bonchev–Trinajstić information content (AvgIpc) is 2.88. The summed E-state index contributed by atoms with van der Waals surface area (Å²) in [4.78, 5) is 27.9. The number of hydrogen-bond acceptors (Lipinski definition) is 8. The fraction of sp³-hybridized carbons (Fsp3) is 0.259. The molecule has 2 heterocycles. The minimum absolute atomic E-state index is 0.109. The molecule has 1 aliphatic rings. The molecule has 37 heavy (non-hydrogen) atoms. The maximum atomic E-state index is 10.6. The lowest BCUT2D eigenvalue weighted by atomic mass is 9.94. The Kier molecular flexibility index (Phi) is 9.56. The molecular formula is C27H30N4O6. The molecule has 1 fully saturated rings. The van der Waals surface area contributed by atoms with Gasteiger partial charge in [0.05, 0.1) is 17.0 Å². The van der Waals surface area contributed by atoms with Crippen molar-refractivity contribution in [3.8, 4) is 22.8 Å². The van der Waals surface area contributed by atoms with Gasteiger partial charge in [0.15, 0.2) is 0 Å². The number of phenolic OH excluding ortho intramolecular Hbond substituents is 1. The summed E-state index contributed by atoms with van der Waals surface area (Å²) in [5.41, 5.74) is 10.3. The number of piperidine rings is 1. The summed E-state index contributed by atoms with van der Waals surface area (Å²) in [6.07, 6.45) is 3.27. The van der Waals surface area contributed by atoms with E-state index in [9.17, 15) is 14.7 Å². The number of benzene rings is 2. The van der Waals surface area contributed by atoms with Crippen LogP contribution in [0.3, 0.4) is 0 Å². The van der Waals surface area contributed by atoms with Gasteiger partial charge in [-0.15, -0.1) is 0 Å². The van der Waals surface area contributed by atoms with Gasteiger partial charge in [-0.1, -0.05) is 35.9 Å². The number of aliphatic carboxylic acids is 2. The third kappa shape index (κ3) is 8.32. The molecular weight excluding hydrogens is 476 g/mol. The minimum atomic E-state index is -1.26. The second-order valence-corrected chi connectivity index (χ2v) is 8.51. The first-order valence-corrected chi connectivity index (χ1v) is 11.7. The number of nitrogens with two attached hydrogens (primary N) is 1. The van der Waals surface area contributed by atoms with Crippen molar-refractivity contribution in [1.29, 1.82) is 0 Å². The van der Waals surface area contributed by atoms with Crippen LogP contribution in [0.25, 0.3) is 11.3 Å². The van der Waals surface area contributed by atoms with Gasteiger partial charge in [-0.3, -0.25) is 0 Å². The summed E-state index contributed by atoms with van der Waals surface area (Å²) in [7, 11) is 0. The molecule has 6 N–H and O–H groups in total. The van der Waals surface area contributed by atoms with Crippen molar-refractivity contribution in [2.45, 2.75) is 32.3 Å². The topological polar surface area (TPSA) is 168 Å². The van der Waals surface area contributed by atoms with Crippen molar-refractivity contribution in [1.82, 2.24) is 15.3 Å². The summed E-state index contributed by atoms with van der Waals surface area (Å²) in [6, 6.07) is 15.3. The van der Waals surface area contributed by atoms with Gasteiger partial charge >= 0.3 is 11.9 Å². The Bertz CT molecular complexity index is 1240. The van der Waals surface area contributed by atoms with Gasteiger partial charge in [0.25, 0.3) is 0 Å². The second kappa shape index (κ2) is 13.0. The normalized spacial score (nSPS) is 15.0. The van der Waals surface area contributed by atoms with Crippen molar-refractivity contribution in [3.05, 3.63) is 77.5 Å². The summed E-state index contributed by atoms with van der Waals surface area (Å²) >= 11 is 0. The highest BCUT2D eigenvalue weighted by atomic mass is 16.5. The van der Waals surface area contributed by atoms with E-state index < -0.39 is 11.9 Å². The number of phenols is 1. The molecule has 2 aromatic carbocycles. The first-order chi connectivity index (χ1) is 17.7. The molecule has 1 unspecified atom stereocenters. The fourth-order valence-electron chi connectivity index (χ4n) is 3.81. The molecule has 10 nitrogen and oxygen atoms in total. The number of carbonyl (C=O) groups is 2. The lowest BCUT2D eigenvalue weighted by molar-refractivity contribution is -0.134. The number of carboxylic acid groups (broad SMARTS) is 2. The fourth-order valence-corrected chi connectivity index (χ4v) is 3.81. The van der Waals surface area contributed by atoms with E-state index in [1.165, 1.54) is 5.56 Å². The van der Waals surface area contributed by atoms with Crippen molar-refractivity contribution in [3.63, 3.8) is 0 Å². The Morgan fingerprint density at radius 3 is 2.43 bits per heavy atom. The molecule has 1 aliphatic heterocycles.